The number of alkyl halides is 1. The zero-order valence-corrected chi connectivity index (χ0v) is 11.4. The summed E-state index contributed by atoms with van der Waals surface area (Å²) in [7, 11) is 0. The molecular weight excluding hydrogens is 268 g/mol. The first-order valence-corrected chi connectivity index (χ1v) is 6.70. The monoisotopic (exact) mass is 282 g/mol. The molecule has 1 amide bonds. The van der Waals surface area contributed by atoms with Gasteiger partial charge in [-0.2, -0.15) is 0 Å². The minimum absolute atomic E-state index is 0.143. The number of hydrogen-bond acceptors (Lipinski definition) is 3. The van der Waals surface area contributed by atoms with E-state index in [0.29, 0.717) is 12.4 Å². The second kappa shape index (κ2) is 5.57. The van der Waals surface area contributed by atoms with Crippen LogP contribution in [-0.4, -0.2) is 34.2 Å². The molecule has 1 aliphatic carbocycles. The maximum atomic E-state index is 12.5. The van der Waals surface area contributed by atoms with Crippen LogP contribution in [0.5, 0.6) is 0 Å². The fourth-order valence-electron chi connectivity index (χ4n) is 2.06. The molecule has 0 unspecified atom stereocenters. The van der Waals surface area contributed by atoms with Crippen LogP contribution in [0, 0.1) is 17.0 Å². The molecule has 0 saturated heterocycles. The largest absolute Gasteiger partial charge is 0.334 e. The molecule has 0 atom stereocenters. The van der Waals surface area contributed by atoms with Crippen molar-refractivity contribution in [3.63, 3.8) is 0 Å². The summed E-state index contributed by atoms with van der Waals surface area (Å²) in [5, 5.41) is 11.0. The van der Waals surface area contributed by atoms with E-state index < -0.39 is 4.92 Å². The Morgan fingerprint density at radius 1 is 1.53 bits per heavy atom. The maximum absolute atomic E-state index is 12.5. The van der Waals surface area contributed by atoms with Crippen molar-refractivity contribution >= 4 is 23.2 Å². The number of amides is 1. The number of halogens is 1. The molecule has 1 aliphatic rings. The van der Waals surface area contributed by atoms with Gasteiger partial charge in [-0.05, 0) is 31.4 Å². The topological polar surface area (TPSA) is 63.5 Å². The van der Waals surface area contributed by atoms with E-state index in [1.807, 2.05) is 6.92 Å². The number of nitro groups is 1. The summed E-state index contributed by atoms with van der Waals surface area (Å²) < 4.78 is 0. The first-order chi connectivity index (χ1) is 9.04. The summed E-state index contributed by atoms with van der Waals surface area (Å²) in [5.74, 6) is 0.0422. The third kappa shape index (κ3) is 3.04. The Hall–Kier alpha value is -1.62. The number of benzene rings is 1. The highest BCUT2D eigenvalue weighted by Crippen LogP contribution is 2.30. The summed E-state index contributed by atoms with van der Waals surface area (Å²) in [6.07, 6.45) is 1.89. The van der Waals surface area contributed by atoms with Crippen LogP contribution in [0.1, 0.15) is 28.8 Å². The molecule has 0 radical (unpaired) electrons. The molecule has 0 spiro atoms. The normalized spacial score (nSPS) is 14.2. The minimum atomic E-state index is -0.515. The summed E-state index contributed by atoms with van der Waals surface area (Å²) in [6.45, 7) is 2.24. The van der Waals surface area contributed by atoms with Gasteiger partial charge in [0.15, 0.2) is 0 Å². The average molecular weight is 283 g/mol. The van der Waals surface area contributed by atoms with Gasteiger partial charge in [0.25, 0.3) is 11.6 Å². The first kappa shape index (κ1) is 13.8. The van der Waals surface area contributed by atoms with E-state index >= 15 is 0 Å². The van der Waals surface area contributed by atoms with Crippen molar-refractivity contribution in [3.8, 4) is 0 Å². The summed E-state index contributed by atoms with van der Waals surface area (Å²) >= 11 is 5.71. The molecule has 5 nitrogen and oxygen atoms in total. The Balaban J connectivity index is 2.35. The van der Waals surface area contributed by atoms with Crippen molar-refractivity contribution in [1.82, 2.24) is 4.90 Å². The highest BCUT2D eigenvalue weighted by Gasteiger charge is 2.35. The van der Waals surface area contributed by atoms with Crippen LogP contribution >= 0.6 is 11.6 Å². The summed E-state index contributed by atoms with van der Waals surface area (Å²) in [4.78, 5) is 24.6. The lowest BCUT2D eigenvalue weighted by atomic mass is 10.1. The van der Waals surface area contributed by atoms with Gasteiger partial charge < -0.3 is 4.90 Å². The Kier molecular flexibility index (Phi) is 4.04. The molecule has 1 aromatic rings. The van der Waals surface area contributed by atoms with Crippen LogP contribution in [0.2, 0.25) is 0 Å². The molecule has 0 aromatic heterocycles. The Morgan fingerprint density at radius 2 is 2.21 bits per heavy atom. The fraction of sp³-hybridized carbons (Fsp3) is 0.462. The lowest BCUT2D eigenvalue weighted by molar-refractivity contribution is -0.385. The molecule has 0 N–H and O–H groups in total. The molecule has 1 fully saturated rings. The van der Waals surface area contributed by atoms with E-state index in [-0.39, 0.29) is 23.2 Å². The highest BCUT2D eigenvalue weighted by molar-refractivity contribution is 6.18. The molecule has 0 aliphatic heterocycles. The van der Waals surface area contributed by atoms with Crippen molar-refractivity contribution in [2.75, 3.05) is 12.4 Å². The fourth-order valence-corrected chi connectivity index (χ4v) is 2.24. The predicted molar refractivity (Wildman–Crippen MR) is 72.6 cm³/mol. The number of rotatable bonds is 5. The molecule has 102 valence electrons. The quantitative estimate of drug-likeness (QED) is 0.474. The van der Waals surface area contributed by atoms with E-state index in [9.17, 15) is 14.9 Å². The van der Waals surface area contributed by atoms with Gasteiger partial charge >= 0.3 is 0 Å². The van der Waals surface area contributed by atoms with Crippen molar-refractivity contribution in [3.05, 3.63) is 39.4 Å². The van der Waals surface area contributed by atoms with E-state index in [1.165, 1.54) is 6.07 Å². The van der Waals surface area contributed by atoms with E-state index in [2.05, 4.69) is 0 Å². The Bertz CT molecular complexity index is 515. The second-order valence-corrected chi connectivity index (χ2v) is 5.07. The van der Waals surface area contributed by atoms with Crippen LogP contribution in [0.15, 0.2) is 18.2 Å². The number of carbonyl (C=O) groups is 1. The molecule has 19 heavy (non-hydrogen) atoms. The van der Waals surface area contributed by atoms with E-state index in [1.54, 1.807) is 17.0 Å². The van der Waals surface area contributed by atoms with Gasteiger partial charge in [0.1, 0.15) is 5.56 Å². The zero-order chi connectivity index (χ0) is 14.0. The van der Waals surface area contributed by atoms with E-state index in [0.717, 1.165) is 18.4 Å². The molecule has 2 rings (SSSR count). The van der Waals surface area contributed by atoms with E-state index in [4.69, 9.17) is 11.6 Å². The second-order valence-electron chi connectivity index (χ2n) is 4.70. The summed E-state index contributed by atoms with van der Waals surface area (Å²) in [5.41, 5.74) is 0.841. The highest BCUT2D eigenvalue weighted by atomic mass is 35.5. The van der Waals surface area contributed by atoms with Crippen LogP contribution in [0.4, 0.5) is 5.69 Å². The maximum Gasteiger partial charge on any atom is 0.282 e. The van der Waals surface area contributed by atoms with Gasteiger partial charge in [0.05, 0.1) is 4.92 Å². The number of nitro benzene ring substituents is 1. The van der Waals surface area contributed by atoms with Gasteiger partial charge in [-0.25, -0.2) is 0 Å². The minimum Gasteiger partial charge on any atom is -0.334 e. The zero-order valence-electron chi connectivity index (χ0n) is 10.6. The molecule has 0 bridgehead atoms. The average Bonchev–Trinajstić information content (AvgIpc) is 3.19. The van der Waals surface area contributed by atoms with Gasteiger partial charge in [-0.15, -0.1) is 11.6 Å². The molecule has 6 heteroatoms. The van der Waals surface area contributed by atoms with Crippen molar-refractivity contribution in [2.24, 2.45) is 0 Å². The Labute approximate surface area is 116 Å². The molecule has 1 aromatic carbocycles. The van der Waals surface area contributed by atoms with Crippen molar-refractivity contribution in [1.29, 1.82) is 0 Å². The predicted octanol–water partition coefficient (Wildman–Crippen LogP) is 2.75. The van der Waals surface area contributed by atoms with Crippen molar-refractivity contribution < 1.29 is 9.72 Å². The van der Waals surface area contributed by atoms with Crippen molar-refractivity contribution in [2.45, 2.75) is 25.8 Å². The lowest BCUT2D eigenvalue weighted by Gasteiger charge is -2.21. The van der Waals surface area contributed by atoms with Gasteiger partial charge in [-0.1, -0.05) is 6.07 Å². The standard InChI is InChI=1S/C13H15ClN2O3/c1-9-2-5-12(16(18)19)11(8-9)13(17)15(7-6-14)10-3-4-10/h2,5,8,10H,3-4,6-7H2,1H3. The number of hydrogen-bond donors (Lipinski definition) is 0. The number of aryl methyl sites for hydroxylation is 1. The van der Waals surface area contributed by atoms with Crippen LogP contribution < -0.4 is 0 Å². The van der Waals surface area contributed by atoms with Gasteiger partial charge in [0, 0.05) is 24.5 Å². The van der Waals surface area contributed by atoms with Crippen LogP contribution in [0.3, 0.4) is 0 Å². The molecule has 0 heterocycles. The third-order valence-electron chi connectivity index (χ3n) is 3.15. The molecular formula is C13H15ClN2O3. The summed E-state index contributed by atoms with van der Waals surface area (Å²) in [6, 6.07) is 4.78. The number of carbonyl (C=O) groups excluding carboxylic acids is 1. The lowest BCUT2D eigenvalue weighted by Crippen LogP contribution is -2.35. The number of nitrogens with zero attached hydrogens (tertiary/aromatic N) is 2. The van der Waals surface area contributed by atoms with Gasteiger partial charge in [0.2, 0.25) is 0 Å². The first-order valence-electron chi connectivity index (χ1n) is 6.16. The SMILES string of the molecule is Cc1ccc([N+](=O)[O-])c(C(=O)N(CCCl)C2CC2)c1. The third-order valence-corrected chi connectivity index (χ3v) is 3.32. The molecule has 1 saturated carbocycles. The smallest absolute Gasteiger partial charge is 0.282 e. The van der Waals surface area contributed by atoms with Crippen LogP contribution in [-0.2, 0) is 0 Å². The van der Waals surface area contributed by atoms with Gasteiger partial charge in [-0.3, -0.25) is 14.9 Å². The van der Waals surface area contributed by atoms with Crippen LogP contribution in [0.25, 0.3) is 0 Å². The Morgan fingerprint density at radius 3 is 2.74 bits per heavy atom.